The largest absolute Gasteiger partial charge is 0.481 e. The lowest BCUT2D eigenvalue weighted by Crippen LogP contribution is -2.43. The van der Waals surface area contributed by atoms with Crippen LogP contribution >= 0.6 is 0 Å². The zero-order valence-corrected chi connectivity index (χ0v) is 18.5. The number of carboxylic acid groups (broad SMARTS) is 1. The quantitative estimate of drug-likeness (QED) is 0.558. The van der Waals surface area contributed by atoms with Gasteiger partial charge in [0.2, 0.25) is 5.91 Å². The molecule has 0 aromatic heterocycles. The molecule has 0 saturated carbocycles. The van der Waals surface area contributed by atoms with E-state index in [4.69, 9.17) is 9.84 Å². The smallest absolute Gasteiger partial charge is 0.407 e. The predicted octanol–water partition coefficient (Wildman–Crippen LogP) is 3.84. The molecule has 7 heteroatoms. The van der Waals surface area contributed by atoms with Crippen molar-refractivity contribution in [3.8, 4) is 11.1 Å². The fourth-order valence-corrected chi connectivity index (χ4v) is 4.67. The summed E-state index contributed by atoms with van der Waals surface area (Å²) >= 11 is 0. The molecule has 2 aliphatic carbocycles. The molecule has 172 valence electrons. The molecule has 0 fully saturated rings. The Morgan fingerprint density at radius 3 is 2.33 bits per heavy atom. The van der Waals surface area contributed by atoms with Gasteiger partial charge in [-0.05, 0) is 42.0 Å². The average molecular weight is 449 g/mol. The van der Waals surface area contributed by atoms with Crippen LogP contribution in [0.3, 0.4) is 0 Å². The van der Waals surface area contributed by atoms with Crippen molar-refractivity contribution in [3.05, 3.63) is 71.8 Å². The molecule has 0 bridgehead atoms. The van der Waals surface area contributed by atoms with Crippen molar-refractivity contribution in [2.75, 3.05) is 6.61 Å². The number of hydrogen-bond acceptors (Lipinski definition) is 4. The van der Waals surface area contributed by atoms with Gasteiger partial charge in [0.25, 0.3) is 0 Å². The van der Waals surface area contributed by atoms with Gasteiger partial charge in [-0.25, -0.2) is 4.79 Å². The van der Waals surface area contributed by atoms with Crippen molar-refractivity contribution in [2.45, 2.75) is 44.2 Å². The Labute approximate surface area is 192 Å². The summed E-state index contributed by atoms with van der Waals surface area (Å²) in [6.45, 7) is 1.89. The highest BCUT2D eigenvalue weighted by atomic mass is 16.5. The van der Waals surface area contributed by atoms with Crippen LogP contribution in [0.1, 0.15) is 43.2 Å². The number of carbonyl (C=O) groups is 3. The standard InChI is InChI=1S/C26H28N2O5/c1-16(13-24(29)30)27-25(31)17-7-6-8-18(14-17)28-26(32)33-15-23-21-11-4-2-9-19(21)20-10-3-5-12-22(20)23/h2-6,8-12,16-18,23H,7,13-15H2,1H3,(H,27,31)(H,28,32)(H,29,30). The summed E-state index contributed by atoms with van der Waals surface area (Å²) in [6.07, 6.45) is 4.07. The van der Waals surface area contributed by atoms with E-state index in [0.717, 1.165) is 11.1 Å². The summed E-state index contributed by atoms with van der Waals surface area (Å²) in [5.41, 5.74) is 4.64. The summed E-state index contributed by atoms with van der Waals surface area (Å²) in [7, 11) is 0. The van der Waals surface area contributed by atoms with E-state index >= 15 is 0 Å². The molecular weight excluding hydrogens is 420 g/mol. The second-order valence-electron chi connectivity index (χ2n) is 8.68. The number of amides is 2. The molecule has 3 unspecified atom stereocenters. The van der Waals surface area contributed by atoms with Gasteiger partial charge in [0.15, 0.2) is 0 Å². The Hall–Kier alpha value is -3.61. The number of benzene rings is 2. The first-order chi connectivity index (χ1) is 15.9. The highest BCUT2D eigenvalue weighted by Gasteiger charge is 2.30. The lowest BCUT2D eigenvalue weighted by Gasteiger charge is -2.26. The summed E-state index contributed by atoms with van der Waals surface area (Å²) in [5, 5.41) is 14.4. The topological polar surface area (TPSA) is 105 Å². The third kappa shape index (κ3) is 5.25. The van der Waals surface area contributed by atoms with Crippen LogP contribution < -0.4 is 10.6 Å². The van der Waals surface area contributed by atoms with E-state index < -0.39 is 18.1 Å². The van der Waals surface area contributed by atoms with Crippen LogP contribution in [0.5, 0.6) is 0 Å². The first-order valence-corrected chi connectivity index (χ1v) is 11.2. The number of rotatable bonds is 7. The van der Waals surface area contributed by atoms with Crippen LogP contribution in [0.2, 0.25) is 0 Å². The van der Waals surface area contributed by atoms with Gasteiger partial charge in [-0.15, -0.1) is 0 Å². The van der Waals surface area contributed by atoms with Crippen molar-refractivity contribution in [1.29, 1.82) is 0 Å². The number of hydrogen-bond donors (Lipinski definition) is 3. The summed E-state index contributed by atoms with van der Waals surface area (Å²) in [6, 6.07) is 15.5. The Morgan fingerprint density at radius 1 is 1.06 bits per heavy atom. The van der Waals surface area contributed by atoms with E-state index in [1.165, 1.54) is 11.1 Å². The summed E-state index contributed by atoms with van der Waals surface area (Å²) < 4.78 is 5.60. The molecule has 3 N–H and O–H groups in total. The minimum Gasteiger partial charge on any atom is -0.481 e. The second-order valence-corrected chi connectivity index (χ2v) is 8.68. The Bertz CT molecular complexity index is 1030. The maximum atomic E-state index is 12.5. The van der Waals surface area contributed by atoms with Crippen LogP contribution in [0.4, 0.5) is 4.79 Å². The van der Waals surface area contributed by atoms with E-state index in [2.05, 4.69) is 34.9 Å². The van der Waals surface area contributed by atoms with Crippen LogP contribution in [0, 0.1) is 5.92 Å². The summed E-state index contributed by atoms with van der Waals surface area (Å²) in [4.78, 5) is 35.8. The molecule has 33 heavy (non-hydrogen) atoms. The normalized spacial score (nSPS) is 19.8. The third-order valence-electron chi connectivity index (χ3n) is 6.21. The highest BCUT2D eigenvalue weighted by molar-refractivity contribution is 5.81. The van der Waals surface area contributed by atoms with Gasteiger partial charge in [0.05, 0.1) is 12.5 Å². The average Bonchev–Trinajstić information content (AvgIpc) is 3.11. The number of nitrogens with one attached hydrogen (secondary N) is 2. The van der Waals surface area contributed by atoms with Gasteiger partial charge in [0, 0.05) is 17.9 Å². The van der Waals surface area contributed by atoms with Crippen molar-refractivity contribution >= 4 is 18.0 Å². The van der Waals surface area contributed by atoms with E-state index in [-0.39, 0.29) is 36.8 Å². The fraction of sp³-hybridized carbons (Fsp3) is 0.346. The van der Waals surface area contributed by atoms with Crippen molar-refractivity contribution in [3.63, 3.8) is 0 Å². The van der Waals surface area contributed by atoms with E-state index in [1.54, 1.807) is 6.92 Å². The van der Waals surface area contributed by atoms with Gasteiger partial charge >= 0.3 is 12.1 Å². The second kappa shape index (κ2) is 9.90. The van der Waals surface area contributed by atoms with Crippen LogP contribution in [-0.2, 0) is 14.3 Å². The molecule has 0 aliphatic heterocycles. The minimum absolute atomic E-state index is 0.0145. The first-order valence-electron chi connectivity index (χ1n) is 11.2. The van der Waals surface area contributed by atoms with Gasteiger partial charge in [-0.1, -0.05) is 60.7 Å². The molecule has 0 saturated heterocycles. The molecule has 0 radical (unpaired) electrons. The molecule has 0 spiro atoms. The molecule has 0 heterocycles. The lowest BCUT2D eigenvalue weighted by molar-refractivity contribution is -0.137. The zero-order valence-electron chi connectivity index (χ0n) is 18.5. The molecule has 7 nitrogen and oxygen atoms in total. The number of carbonyl (C=O) groups excluding carboxylic acids is 2. The maximum Gasteiger partial charge on any atom is 0.407 e. The third-order valence-corrected chi connectivity index (χ3v) is 6.21. The number of alkyl carbamates (subject to hydrolysis) is 1. The molecule has 2 amide bonds. The first kappa shape index (κ1) is 22.6. The predicted molar refractivity (Wildman–Crippen MR) is 124 cm³/mol. The van der Waals surface area contributed by atoms with Gasteiger partial charge in [-0.2, -0.15) is 0 Å². The Morgan fingerprint density at radius 2 is 1.70 bits per heavy atom. The zero-order chi connectivity index (χ0) is 23.4. The van der Waals surface area contributed by atoms with Crippen molar-refractivity contribution < 1.29 is 24.2 Å². The van der Waals surface area contributed by atoms with Crippen LogP contribution in [0.25, 0.3) is 11.1 Å². The van der Waals surface area contributed by atoms with Crippen molar-refractivity contribution in [2.24, 2.45) is 5.92 Å². The number of aliphatic carboxylic acids is 1. The highest BCUT2D eigenvalue weighted by Crippen LogP contribution is 2.44. The Kier molecular flexibility index (Phi) is 6.77. The molecule has 2 aromatic rings. The van der Waals surface area contributed by atoms with Gasteiger partial charge in [0.1, 0.15) is 6.61 Å². The number of fused-ring (bicyclic) bond motifs is 3. The number of carboxylic acids is 1. The van der Waals surface area contributed by atoms with E-state index in [0.29, 0.717) is 12.8 Å². The molecule has 2 aliphatic rings. The molecular formula is C26H28N2O5. The van der Waals surface area contributed by atoms with Gasteiger partial charge < -0.3 is 20.5 Å². The molecule has 4 rings (SSSR count). The van der Waals surface area contributed by atoms with Crippen LogP contribution in [0.15, 0.2) is 60.7 Å². The summed E-state index contributed by atoms with van der Waals surface area (Å²) in [5.74, 6) is -1.50. The van der Waals surface area contributed by atoms with Crippen molar-refractivity contribution in [1.82, 2.24) is 10.6 Å². The molecule has 2 aromatic carbocycles. The monoisotopic (exact) mass is 448 g/mol. The van der Waals surface area contributed by atoms with E-state index in [9.17, 15) is 14.4 Å². The Balaban J connectivity index is 1.32. The molecule has 3 atom stereocenters. The number of allylic oxidation sites excluding steroid dienone is 1. The SMILES string of the molecule is CC(CC(=O)O)NC(=O)C1CC=CC(NC(=O)OCC2c3ccccc3-c3ccccc32)C1. The van der Waals surface area contributed by atoms with Gasteiger partial charge in [-0.3, -0.25) is 9.59 Å². The number of ether oxygens (including phenoxy) is 1. The van der Waals surface area contributed by atoms with E-state index in [1.807, 2.05) is 36.4 Å². The minimum atomic E-state index is -0.957. The lowest BCUT2D eigenvalue weighted by atomic mass is 9.90. The maximum absolute atomic E-state index is 12.5. The van der Waals surface area contributed by atoms with Crippen LogP contribution in [-0.4, -0.2) is 41.8 Å². The fourth-order valence-electron chi connectivity index (χ4n) is 4.67.